The molecule has 0 heterocycles. The highest BCUT2D eigenvalue weighted by Crippen LogP contribution is 2.43. The fourth-order valence-corrected chi connectivity index (χ4v) is 8.96. The van der Waals surface area contributed by atoms with E-state index < -0.39 is 20.0 Å². The molecule has 3 unspecified atom stereocenters. The van der Waals surface area contributed by atoms with Crippen LogP contribution in [0, 0.1) is 0 Å². The molecule has 0 aromatic carbocycles. The predicted octanol–water partition coefficient (Wildman–Crippen LogP) is 17.5. The topological polar surface area (TPSA) is 105 Å². The summed E-state index contributed by atoms with van der Waals surface area (Å²) in [7, 11) is 1.61. The lowest BCUT2D eigenvalue weighted by Gasteiger charge is -2.26. The summed E-state index contributed by atoms with van der Waals surface area (Å²) in [4.78, 5) is 23.1. The molecule has 0 spiro atoms. The van der Waals surface area contributed by atoms with Gasteiger partial charge in [0.2, 0.25) is 5.91 Å². The zero-order chi connectivity index (χ0) is 50.6. The van der Waals surface area contributed by atoms with Crippen LogP contribution in [0.4, 0.5) is 0 Å². The van der Waals surface area contributed by atoms with Crippen molar-refractivity contribution in [2.24, 2.45) is 0 Å². The van der Waals surface area contributed by atoms with Gasteiger partial charge in [0.05, 0.1) is 39.9 Å². The minimum absolute atomic E-state index is 0.0741. The molecule has 0 fully saturated rings. The number of unbranched alkanes of at least 4 members (excludes halogenated alkanes) is 27. The highest BCUT2D eigenvalue weighted by Gasteiger charge is 2.28. The van der Waals surface area contributed by atoms with Crippen molar-refractivity contribution in [2.45, 2.75) is 264 Å². The molecular weight excluding hydrogens is 876 g/mol. The number of aliphatic hydroxyl groups excluding tert-OH is 1. The van der Waals surface area contributed by atoms with E-state index >= 15 is 0 Å². The minimum atomic E-state index is -4.30. The van der Waals surface area contributed by atoms with Gasteiger partial charge in [0, 0.05) is 6.42 Å². The largest absolute Gasteiger partial charge is 0.472 e. The Morgan fingerprint density at radius 1 is 0.507 bits per heavy atom. The van der Waals surface area contributed by atoms with Gasteiger partial charge in [-0.05, 0) is 64.2 Å². The molecule has 9 heteroatoms. The van der Waals surface area contributed by atoms with Gasteiger partial charge in [0.25, 0.3) is 0 Å². The smallest absolute Gasteiger partial charge is 0.391 e. The molecule has 0 aromatic rings. The molecule has 1 amide bonds. The van der Waals surface area contributed by atoms with Gasteiger partial charge in [0.15, 0.2) is 0 Å². The number of hydrogen-bond donors (Lipinski definition) is 3. The number of aliphatic hydroxyl groups is 1. The Balaban J connectivity index is 3.73. The minimum Gasteiger partial charge on any atom is -0.391 e. The van der Waals surface area contributed by atoms with Crippen molar-refractivity contribution >= 4 is 13.7 Å². The zero-order valence-electron chi connectivity index (χ0n) is 45.8. The second-order valence-corrected chi connectivity index (χ2v) is 22.1. The van der Waals surface area contributed by atoms with E-state index in [2.05, 4.69) is 92.1 Å². The summed E-state index contributed by atoms with van der Waals surface area (Å²) in [5.41, 5.74) is 0. The number of quaternary nitrogens is 1. The Labute approximate surface area is 427 Å². The maximum Gasteiger partial charge on any atom is 0.472 e. The lowest BCUT2D eigenvalue weighted by Crippen LogP contribution is -2.46. The standard InChI is InChI=1S/C60H111N2O6P/c1-6-8-10-12-14-15-16-17-18-19-20-21-22-23-24-25-26-27-28-29-30-31-32-33-34-35-36-37-38-39-40-41-42-43-44-45-46-47-48-50-52-54-60(64)61-58(59(63)53-51-49-13-11-9-7-2)57-68-69(65,66)67-56-55-62(3,4)5/h8,10,14-15,17-18,20-21,23-24,26-27,58-59,63H,6-7,9,11-13,16,19,22,25,28-57H2,1-5H3,(H-,61,64,65,66)/p+1/b10-8-,15-14-,18-17-,21-20-,24-23-,27-26-. The number of likely N-dealkylation sites (N-methyl/N-ethyl adjacent to an activating group) is 1. The van der Waals surface area contributed by atoms with Gasteiger partial charge in [-0.25, -0.2) is 4.57 Å². The SMILES string of the molecule is CC/C=C\C/C=C\C/C=C\C/C=C\C/C=C\C/C=C\CCCCCCCCCCCCCCCCCCCCCCCCC(=O)NC(COP(=O)(O)OCC[N+](C)(C)C)C(O)CCCCCCCC. The van der Waals surface area contributed by atoms with Gasteiger partial charge >= 0.3 is 7.82 Å². The zero-order valence-corrected chi connectivity index (χ0v) is 46.7. The van der Waals surface area contributed by atoms with E-state index in [1.165, 1.54) is 148 Å². The van der Waals surface area contributed by atoms with E-state index in [1.54, 1.807) is 0 Å². The lowest BCUT2D eigenvalue weighted by atomic mass is 10.0. The highest BCUT2D eigenvalue weighted by molar-refractivity contribution is 7.47. The third-order valence-electron chi connectivity index (χ3n) is 12.7. The van der Waals surface area contributed by atoms with Crippen molar-refractivity contribution in [1.82, 2.24) is 5.32 Å². The number of rotatable bonds is 52. The molecule has 0 radical (unpaired) electrons. The van der Waals surface area contributed by atoms with Crippen molar-refractivity contribution in [1.29, 1.82) is 0 Å². The molecule has 0 bridgehead atoms. The van der Waals surface area contributed by atoms with Gasteiger partial charge in [-0.1, -0.05) is 254 Å². The Hall–Kier alpha value is -2.06. The fourth-order valence-electron chi connectivity index (χ4n) is 8.23. The summed E-state index contributed by atoms with van der Waals surface area (Å²) in [5, 5.41) is 13.8. The van der Waals surface area contributed by atoms with Gasteiger partial charge in [-0.2, -0.15) is 0 Å². The molecule has 0 rings (SSSR count). The van der Waals surface area contributed by atoms with Crippen LogP contribution >= 0.6 is 7.82 Å². The fraction of sp³-hybridized carbons (Fsp3) is 0.783. The first-order chi connectivity index (χ1) is 33.5. The average Bonchev–Trinajstić information content (AvgIpc) is 3.31. The van der Waals surface area contributed by atoms with Crippen LogP contribution in [-0.4, -0.2) is 73.4 Å². The molecule has 0 aromatic heterocycles. The van der Waals surface area contributed by atoms with Crippen molar-refractivity contribution in [3.63, 3.8) is 0 Å². The third-order valence-corrected chi connectivity index (χ3v) is 13.7. The summed E-state index contributed by atoms with van der Waals surface area (Å²) in [6.07, 6.45) is 70.3. The van der Waals surface area contributed by atoms with Gasteiger partial charge < -0.3 is 19.8 Å². The van der Waals surface area contributed by atoms with E-state index in [-0.39, 0.29) is 19.1 Å². The maximum atomic E-state index is 12.9. The molecule has 3 atom stereocenters. The van der Waals surface area contributed by atoms with Crippen LogP contribution in [-0.2, 0) is 18.4 Å². The normalized spacial score (nSPS) is 14.5. The lowest BCUT2D eigenvalue weighted by molar-refractivity contribution is -0.870. The average molecular weight is 989 g/mol. The van der Waals surface area contributed by atoms with Crippen LogP contribution in [0.2, 0.25) is 0 Å². The van der Waals surface area contributed by atoms with Gasteiger partial charge in [-0.15, -0.1) is 0 Å². The van der Waals surface area contributed by atoms with Crippen molar-refractivity contribution < 1.29 is 32.9 Å². The molecule has 402 valence electrons. The Bertz CT molecular complexity index is 1350. The first-order valence-electron chi connectivity index (χ1n) is 28.8. The molecule has 0 saturated heterocycles. The summed E-state index contributed by atoms with van der Waals surface area (Å²) >= 11 is 0. The first-order valence-corrected chi connectivity index (χ1v) is 30.3. The molecular formula is C60H112N2O6P+. The van der Waals surface area contributed by atoms with Crippen molar-refractivity contribution in [3.05, 3.63) is 72.9 Å². The second kappa shape index (κ2) is 50.9. The van der Waals surface area contributed by atoms with Crippen LogP contribution in [0.5, 0.6) is 0 Å². The number of carbonyl (C=O) groups excluding carboxylic acids is 1. The highest BCUT2D eigenvalue weighted by atomic mass is 31.2. The maximum absolute atomic E-state index is 12.9. The van der Waals surface area contributed by atoms with Crippen molar-refractivity contribution in [3.8, 4) is 0 Å². The van der Waals surface area contributed by atoms with Crippen LogP contribution in [0.1, 0.15) is 251 Å². The molecule has 0 aliphatic heterocycles. The number of allylic oxidation sites excluding steroid dienone is 12. The summed E-state index contributed by atoms with van der Waals surface area (Å²) < 4.78 is 23.5. The molecule has 3 N–H and O–H groups in total. The number of nitrogens with zero attached hydrogens (tertiary/aromatic N) is 1. The van der Waals surface area contributed by atoms with Crippen LogP contribution in [0.15, 0.2) is 72.9 Å². The number of hydrogen-bond acceptors (Lipinski definition) is 5. The Kier molecular flexibility index (Phi) is 49.3. The Morgan fingerprint density at radius 3 is 1.28 bits per heavy atom. The number of phosphoric ester groups is 1. The van der Waals surface area contributed by atoms with E-state index in [4.69, 9.17) is 9.05 Å². The molecule has 69 heavy (non-hydrogen) atoms. The third kappa shape index (κ3) is 53.6. The summed E-state index contributed by atoms with van der Waals surface area (Å²) in [6, 6.07) is -0.757. The molecule has 0 aliphatic rings. The Morgan fingerprint density at radius 2 is 0.870 bits per heavy atom. The van der Waals surface area contributed by atoms with Crippen LogP contribution < -0.4 is 5.32 Å². The molecule has 0 aliphatic carbocycles. The number of carbonyl (C=O) groups is 1. The quantitative estimate of drug-likeness (QED) is 0.0243. The molecule has 8 nitrogen and oxygen atoms in total. The van der Waals surface area contributed by atoms with Gasteiger partial charge in [-0.3, -0.25) is 13.8 Å². The molecule has 0 saturated carbocycles. The van der Waals surface area contributed by atoms with Gasteiger partial charge in [0.1, 0.15) is 13.2 Å². The predicted molar refractivity (Wildman–Crippen MR) is 300 cm³/mol. The first kappa shape index (κ1) is 66.9. The van der Waals surface area contributed by atoms with E-state index in [0.29, 0.717) is 23.9 Å². The van der Waals surface area contributed by atoms with Crippen LogP contribution in [0.3, 0.4) is 0 Å². The van der Waals surface area contributed by atoms with Crippen LogP contribution in [0.25, 0.3) is 0 Å². The van der Waals surface area contributed by atoms with E-state index in [0.717, 1.165) is 77.0 Å². The van der Waals surface area contributed by atoms with Crippen molar-refractivity contribution in [2.75, 3.05) is 40.9 Å². The number of amides is 1. The van der Waals surface area contributed by atoms with E-state index in [9.17, 15) is 19.4 Å². The number of nitrogens with one attached hydrogen (secondary N) is 1. The summed E-state index contributed by atoms with van der Waals surface area (Å²) in [5.74, 6) is -0.148. The number of phosphoric acid groups is 1. The second-order valence-electron chi connectivity index (χ2n) is 20.6. The monoisotopic (exact) mass is 988 g/mol. The summed E-state index contributed by atoms with van der Waals surface area (Å²) in [6.45, 7) is 4.71. The van der Waals surface area contributed by atoms with E-state index in [1.807, 2.05) is 21.1 Å².